The van der Waals surface area contributed by atoms with Crippen molar-refractivity contribution in [2.45, 2.75) is 186 Å². The lowest BCUT2D eigenvalue weighted by Gasteiger charge is -2.24. The molecule has 0 spiro atoms. The van der Waals surface area contributed by atoms with Crippen molar-refractivity contribution in [3.8, 4) is 45.0 Å². The fourth-order valence-corrected chi connectivity index (χ4v) is 10.6. The van der Waals surface area contributed by atoms with Gasteiger partial charge in [-0.1, -0.05) is 155 Å². The van der Waals surface area contributed by atoms with Crippen molar-refractivity contribution in [2.75, 3.05) is 0 Å². The highest BCUT2D eigenvalue weighted by molar-refractivity contribution is 5.64. The molecule has 0 aliphatic carbocycles. The summed E-state index contributed by atoms with van der Waals surface area (Å²) in [4.78, 5) is 0. The molecule has 4 aromatic heterocycles. The van der Waals surface area contributed by atoms with E-state index < -0.39 is 6.85 Å². The van der Waals surface area contributed by atoms with E-state index in [-0.39, 0.29) is 21.7 Å². The Kier molecular flexibility index (Phi) is 20.0. The van der Waals surface area contributed by atoms with Gasteiger partial charge in [0.05, 0.1) is 0 Å². The van der Waals surface area contributed by atoms with E-state index >= 15 is 0 Å². The number of hydrogen-bond donors (Lipinski definition) is 0. The van der Waals surface area contributed by atoms with Gasteiger partial charge in [0.2, 0.25) is 22.8 Å². The average Bonchev–Trinajstić information content (AvgIpc) is 3.43. The molecule has 0 aliphatic rings. The molecule has 0 saturated heterocycles. The third-order valence-electron chi connectivity index (χ3n) is 17.8. The first kappa shape index (κ1) is 59.6. The molecule has 0 saturated carbocycles. The predicted molar refractivity (Wildman–Crippen MR) is 343 cm³/mol. The molecule has 4 heteroatoms. The van der Waals surface area contributed by atoms with Gasteiger partial charge in [-0.05, 0) is 172 Å². The lowest BCUT2D eigenvalue weighted by atomic mass is 9.80. The minimum atomic E-state index is -2.06. The van der Waals surface area contributed by atoms with E-state index in [1.165, 1.54) is 89.4 Å². The third-order valence-corrected chi connectivity index (χ3v) is 17.8. The molecule has 0 unspecified atom stereocenters. The van der Waals surface area contributed by atoms with Crippen LogP contribution in [0, 0.1) is 55.3 Å². The Morgan fingerprint density at radius 2 is 0.650 bits per heavy atom. The summed E-state index contributed by atoms with van der Waals surface area (Å²) in [6.07, 6.45) is 13.6. The van der Waals surface area contributed by atoms with Gasteiger partial charge >= 0.3 is 0 Å². The van der Waals surface area contributed by atoms with Crippen molar-refractivity contribution in [2.24, 2.45) is 28.2 Å². The number of hydrogen-bond acceptors (Lipinski definition) is 0. The van der Waals surface area contributed by atoms with Crippen LogP contribution in [0.2, 0.25) is 0 Å². The average molecular weight is 1080 g/mol. The van der Waals surface area contributed by atoms with Crippen LogP contribution in [-0.4, -0.2) is 0 Å². The maximum atomic E-state index is 7.53. The number of pyridine rings is 4. The van der Waals surface area contributed by atoms with E-state index in [0.717, 1.165) is 42.5 Å². The van der Waals surface area contributed by atoms with Crippen molar-refractivity contribution in [1.29, 1.82) is 0 Å². The Morgan fingerprint density at radius 3 is 0.975 bits per heavy atom. The molecule has 8 rings (SSSR count). The van der Waals surface area contributed by atoms with Crippen LogP contribution < -0.4 is 18.3 Å². The van der Waals surface area contributed by atoms with Crippen LogP contribution >= 0.6 is 0 Å². The molecular formula is C76H104N4+4. The summed E-state index contributed by atoms with van der Waals surface area (Å²) in [7, 11) is 8.48. The molecule has 0 atom stereocenters. The summed E-state index contributed by atoms with van der Waals surface area (Å²) in [5, 5.41) is 0. The predicted octanol–water partition coefficient (Wildman–Crippen LogP) is 17.9. The number of aryl methyl sites for hydroxylation is 12. The highest BCUT2D eigenvalue weighted by Crippen LogP contribution is 2.34. The Balaban J connectivity index is 0.000000203. The lowest BCUT2D eigenvalue weighted by molar-refractivity contribution is -0.661. The number of aromatic nitrogens is 4. The number of nitrogens with zero attached hydrogens (tertiary/aromatic N) is 4. The van der Waals surface area contributed by atoms with E-state index in [2.05, 4.69) is 292 Å². The van der Waals surface area contributed by atoms with Crippen molar-refractivity contribution in [1.82, 2.24) is 0 Å². The first-order valence-electron chi connectivity index (χ1n) is 31.0. The summed E-state index contributed by atoms with van der Waals surface area (Å²) < 4.78 is 31.5. The van der Waals surface area contributed by atoms with Gasteiger partial charge in [0, 0.05) is 72.9 Å². The topological polar surface area (TPSA) is 15.5 Å². The van der Waals surface area contributed by atoms with Crippen LogP contribution in [0.4, 0.5) is 0 Å². The second-order valence-corrected chi connectivity index (χ2v) is 25.5. The zero-order valence-corrected chi connectivity index (χ0v) is 54.0. The molecule has 8 aromatic rings. The molecule has 0 aliphatic heterocycles. The molecule has 0 N–H and O–H groups in total. The van der Waals surface area contributed by atoms with E-state index in [0.29, 0.717) is 5.56 Å². The minimum Gasteiger partial charge on any atom is -0.201 e. The highest BCUT2D eigenvalue weighted by Gasteiger charge is 2.28. The van der Waals surface area contributed by atoms with Gasteiger partial charge in [-0.3, -0.25) is 0 Å². The van der Waals surface area contributed by atoms with E-state index in [1.807, 2.05) is 20.0 Å². The molecule has 80 heavy (non-hydrogen) atoms. The Bertz CT molecular complexity index is 3410. The Labute approximate surface area is 491 Å². The summed E-state index contributed by atoms with van der Waals surface area (Å²) in [5.74, 6) is 0. The van der Waals surface area contributed by atoms with Crippen molar-refractivity contribution in [3.05, 3.63) is 213 Å². The van der Waals surface area contributed by atoms with Crippen LogP contribution in [0.3, 0.4) is 0 Å². The van der Waals surface area contributed by atoms with Gasteiger partial charge in [-0.25, -0.2) is 18.3 Å². The Morgan fingerprint density at radius 1 is 0.325 bits per heavy atom. The van der Waals surface area contributed by atoms with Gasteiger partial charge in [0.15, 0.2) is 24.8 Å². The second-order valence-electron chi connectivity index (χ2n) is 25.5. The normalized spacial score (nSPS) is 12.4. The van der Waals surface area contributed by atoms with Gasteiger partial charge in [-0.15, -0.1) is 0 Å². The van der Waals surface area contributed by atoms with Gasteiger partial charge in [0.1, 0.15) is 28.2 Å². The summed E-state index contributed by atoms with van der Waals surface area (Å²) in [5.41, 5.74) is 25.9. The number of benzene rings is 4. The number of rotatable bonds is 12. The second kappa shape index (κ2) is 26.8. The Hall–Kier alpha value is -6.52. The summed E-state index contributed by atoms with van der Waals surface area (Å²) in [6, 6.07) is 42.7. The smallest absolute Gasteiger partial charge is 0.201 e. The van der Waals surface area contributed by atoms with Crippen LogP contribution in [-0.2, 0) is 49.9 Å². The third kappa shape index (κ3) is 15.5. The molecule has 0 amide bonds. The molecule has 0 radical (unpaired) electrons. The fraction of sp³-hybridized carbons (Fsp3) is 0.421. The van der Waals surface area contributed by atoms with E-state index in [4.69, 9.17) is 4.11 Å². The van der Waals surface area contributed by atoms with E-state index in [9.17, 15) is 0 Å². The quantitative estimate of drug-likeness (QED) is 0.108. The first-order valence-corrected chi connectivity index (χ1v) is 29.5. The zero-order chi connectivity index (χ0) is 62.2. The molecule has 4 nitrogen and oxygen atoms in total. The van der Waals surface area contributed by atoms with Crippen LogP contribution in [0.25, 0.3) is 45.0 Å². The summed E-state index contributed by atoms with van der Waals surface area (Å²) in [6.45, 7) is 40.4. The van der Waals surface area contributed by atoms with Gasteiger partial charge in [0.25, 0.3) is 0 Å². The maximum Gasteiger partial charge on any atom is 0.212 e. The van der Waals surface area contributed by atoms with Gasteiger partial charge in [-0.2, -0.15) is 0 Å². The molecule has 4 aromatic carbocycles. The monoisotopic (exact) mass is 1080 g/mol. The highest BCUT2D eigenvalue weighted by atomic mass is 14.9. The SMILES string of the molecule is CCC(C)(C)c1c[n+](C)c(-c2ccccc2C)cc1C.CCC(C)(C)c1c[n+](C)c(-c2ccccc2C)cc1C.CCC(C)(C)c1ccc(-c2ccc(C)cc2C)[n+](C)c1.[2H]C([2H])([2H])c1ccc(-c2ccc(C(C)(C)CC)c[n+]2C)c(C)c1. The fourth-order valence-electron chi connectivity index (χ4n) is 10.6. The molecule has 0 fully saturated rings. The lowest BCUT2D eigenvalue weighted by Crippen LogP contribution is -2.34. The minimum absolute atomic E-state index is 0.149. The van der Waals surface area contributed by atoms with Crippen molar-refractivity contribution >= 4 is 0 Å². The largest absolute Gasteiger partial charge is 0.212 e. The van der Waals surface area contributed by atoms with E-state index in [1.54, 1.807) is 12.1 Å². The van der Waals surface area contributed by atoms with Crippen LogP contribution in [0.5, 0.6) is 0 Å². The first-order chi connectivity index (χ1) is 38.6. The van der Waals surface area contributed by atoms with Crippen LogP contribution in [0.15, 0.2) is 146 Å². The summed E-state index contributed by atoms with van der Waals surface area (Å²) >= 11 is 0. The van der Waals surface area contributed by atoms with Crippen LogP contribution in [0.1, 0.15) is 180 Å². The molecular weight excluding hydrogens is 969 g/mol. The zero-order valence-electron chi connectivity index (χ0n) is 57.0. The standard InChI is InChI=1S/4C19H26N/c2*1-7-19(4,5)16-9-11-18(20(6)13-16)17-10-8-14(2)12-15(17)3;2*1-7-19(4,5)17-13-20(6)18(12-15(17)3)16-11-9-8-10-14(16)2/h4*8-13H,7H2,1-6H3/q4*+1/i2D3;;;. The molecule has 4 heterocycles. The molecule has 424 valence electrons. The molecule has 0 bridgehead atoms. The van der Waals surface area contributed by atoms with Crippen molar-refractivity contribution < 1.29 is 22.4 Å². The maximum absolute atomic E-state index is 7.53. The van der Waals surface area contributed by atoms with Crippen molar-refractivity contribution in [3.63, 3.8) is 0 Å². The van der Waals surface area contributed by atoms with Gasteiger partial charge < -0.3 is 0 Å².